The molecule has 0 bridgehead atoms. The predicted molar refractivity (Wildman–Crippen MR) is 120 cm³/mol. The molecule has 6 heterocycles. The van der Waals surface area contributed by atoms with Gasteiger partial charge < -0.3 is 29.0 Å². The van der Waals surface area contributed by atoms with Crippen molar-refractivity contribution >= 4 is 45.8 Å². The lowest BCUT2D eigenvalue weighted by atomic mass is 10.2. The van der Waals surface area contributed by atoms with Crippen LogP contribution in [0.4, 0.5) is 10.5 Å². The monoisotopic (exact) mass is 475 g/mol. The van der Waals surface area contributed by atoms with Gasteiger partial charge >= 0.3 is 6.09 Å². The molecule has 32 heavy (non-hydrogen) atoms. The van der Waals surface area contributed by atoms with Crippen LogP contribution in [0.1, 0.15) is 10.6 Å². The van der Waals surface area contributed by atoms with Crippen molar-refractivity contribution in [1.82, 2.24) is 19.9 Å². The third-order valence-electron chi connectivity index (χ3n) is 6.07. The van der Waals surface area contributed by atoms with Gasteiger partial charge in [0.15, 0.2) is 6.10 Å². The molecule has 0 aromatic carbocycles. The number of anilines is 1. The first-order valence-corrected chi connectivity index (χ1v) is 11.9. The van der Waals surface area contributed by atoms with Crippen LogP contribution in [-0.2, 0) is 27.2 Å². The minimum atomic E-state index is -0.267. The fourth-order valence-corrected chi connectivity index (χ4v) is 5.66. The van der Waals surface area contributed by atoms with E-state index in [4.69, 9.17) is 30.8 Å². The molecule has 1 N–H and O–H groups in total. The van der Waals surface area contributed by atoms with E-state index >= 15 is 0 Å². The number of rotatable bonds is 3. The quantitative estimate of drug-likeness (QED) is 0.622. The van der Waals surface area contributed by atoms with Crippen LogP contribution < -0.4 is 4.90 Å². The summed E-state index contributed by atoms with van der Waals surface area (Å²) in [6.45, 7) is 4.85. The predicted octanol–water partition coefficient (Wildman–Crippen LogP) is 3.07. The van der Waals surface area contributed by atoms with Gasteiger partial charge in [-0.25, -0.2) is 14.8 Å². The number of hydrogen-bond acceptors (Lipinski definition) is 8. The molecule has 9 nitrogen and oxygen atoms in total. The first kappa shape index (κ1) is 20.2. The Morgan fingerprint density at radius 3 is 2.84 bits per heavy atom. The number of thiazole rings is 1. The van der Waals surface area contributed by atoms with Gasteiger partial charge in [0, 0.05) is 38.8 Å². The number of aromatic nitrogens is 3. The van der Waals surface area contributed by atoms with E-state index in [2.05, 4.69) is 14.9 Å². The largest absolute Gasteiger partial charge is 0.441 e. The highest BCUT2D eigenvalue weighted by Crippen LogP contribution is 2.41. The van der Waals surface area contributed by atoms with Crippen LogP contribution >= 0.6 is 22.9 Å². The Hall–Kier alpha value is -2.40. The molecular formula is C21H22ClN5O4S. The summed E-state index contributed by atoms with van der Waals surface area (Å²) in [6, 6.07) is 1.98. The first-order chi connectivity index (χ1) is 15.7. The fraction of sp³-hybridized carbons (Fsp3) is 0.476. The smallest absolute Gasteiger partial charge is 0.410 e. The molecule has 168 valence electrons. The Balaban J connectivity index is 1.24. The molecule has 3 aromatic heterocycles. The lowest BCUT2D eigenvalue weighted by Crippen LogP contribution is -2.51. The number of halogens is 1. The van der Waals surface area contributed by atoms with Gasteiger partial charge in [-0.1, -0.05) is 11.6 Å². The maximum Gasteiger partial charge on any atom is 0.410 e. The molecule has 0 spiro atoms. The Morgan fingerprint density at radius 2 is 2.09 bits per heavy atom. The molecule has 11 heteroatoms. The second-order valence-corrected chi connectivity index (χ2v) is 9.54. The van der Waals surface area contributed by atoms with Crippen LogP contribution in [-0.4, -0.2) is 78.0 Å². The van der Waals surface area contributed by atoms with E-state index in [0.717, 1.165) is 44.4 Å². The van der Waals surface area contributed by atoms with Crippen LogP contribution in [0, 0.1) is 0 Å². The number of fused-ring (bicyclic) bond motifs is 2. The number of nitrogens with zero attached hydrogens (tertiary/aromatic N) is 4. The van der Waals surface area contributed by atoms with Crippen molar-refractivity contribution in [3.8, 4) is 10.7 Å². The molecule has 2 fully saturated rings. The lowest BCUT2D eigenvalue weighted by Gasteiger charge is -2.37. The normalized spacial score (nSPS) is 19.2. The number of H-pyrrole nitrogens is 1. The van der Waals surface area contributed by atoms with E-state index in [-0.39, 0.29) is 12.2 Å². The summed E-state index contributed by atoms with van der Waals surface area (Å²) in [5, 5.41) is 2.38. The Labute approximate surface area is 193 Å². The van der Waals surface area contributed by atoms with E-state index in [9.17, 15) is 4.79 Å². The number of amides is 1. The van der Waals surface area contributed by atoms with Crippen molar-refractivity contribution in [3.05, 3.63) is 27.9 Å². The van der Waals surface area contributed by atoms with Gasteiger partial charge in [-0.05, 0) is 6.07 Å². The molecule has 0 atom stereocenters. The Kier molecular flexibility index (Phi) is 5.17. The van der Waals surface area contributed by atoms with Crippen LogP contribution in [0.2, 0.25) is 5.02 Å². The van der Waals surface area contributed by atoms with Crippen molar-refractivity contribution < 1.29 is 19.0 Å². The molecular weight excluding hydrogens is 454 g/mol. The minimum absolute atomic E-state index is 0.111. The van der Waals surface area contributed by atoms with Gasteiger partial charge in [0.05, 0.1) is 58.8 Å². The molecule has 3 aromatic rings. The van der Waals surface area contributed by atoms with Crippen LogP contribution in [0.3, 0.4) is 0 Å². The SMILES string of the molecule is O=C(OC1COC1)N1CCN(c2ccnc3[nH]c(-c4nc5c(s4)COCC5)c(Cl)c23)CC1. The molecule has 0 saturated carbocycles. The standard InChI is InChI=1S/C21H22ClN5O4S/c22-17-16-14(26-4-6-27(7-5-26)21(28)31-12-9-30-10-12)1-3-23-19(16)25-18(17)20-24-13-2-8-29-11-15(13)32-20/h1,3,12H,2,4-11H2,(H,23,25). The van der Waals surface area contributed by atoms with Crippen molar-refractivity contribution in [2.75, 3.05) is 50.9 Å². The number of pyridine rings is 1. The van der Waals surface area contributed by atoms with Crippen molar-refractivity contribution in [1.29, 1.82) is 0 Å². The topological polar surface area (TPSA) is 92.8 Å². The third-order valence-corrected chi connectivity index (χ3v) is 7.54. The van der Waals surface area contributed by atoms with Crippen molar-refractivity contribution in [2.24, 2.45) is 0 Å². The van der Waals surface area contributed by atoms with Gasteiger partial charge in [0.2, 0.25) is 0 Å². The van der Waals surface area contributed by atoms with Crippen LogP contribution in [0.25, 0.3) is 21.7 Å². The molecule has 0 aliphatic carbocycles. The first-order valence-electron chi connectivity index (χ1n) is 10.7. The summed E-state index contributed by atoms with van der Waals surface area (Å²) >= 11 is 8.49. The Bertz CT molecular complexity index is 1150. The van der Waals surface area contributed by atoms with E-state index in [1.54, 1.807) is 22.4 Å². The Morgan fingerprint density at radius 1 is 1.25 bits per heavy atom. The fourth-order valence-electron chi connectivity index (χ4n) is 4.23. The number of ether oxygens (including phenoxy) is 3. The van der Waals surface area contributed by atoms with E-state index < -0.39 is 0 Å². The maximum absolute atomic E-state index is 12.3. The van der Waals surface area contributed by atoms with E-state index in [1.807, 2.05) is 6.07 Å². The summed E-state index contributed by atoms with van der Waals surface area (Å²) in [4.78, 5) is 30.2. The number of carbonyl (C=O) groups is 1. The molecule has 0 unspecified atom stereocenters. The van der Waals surface area contributed by atoms with Gasteiger partial charge in [-0.2, -0.15) is 0 Å². The third kappa shape index (κ3) is 3.51. The van der Waals surface area contributed by atoms with E-state index in [0.29, 0.717) is 57.6 Å². The molecule has 1 amide bonds. The van der Waals surface area contributed by atoms with Crippen molar-refractivity contribution in [2.45, 2.75) is 19.1 Å². The molecule has 0 radical (unpaired) electrons. The average Bonchev–Trinajstić information content (AvgIpc) is 3.37. The van der Waals surface area contributed by atoms with Gasteiger partial charge in [-0.15, -0.1) is 11.3 Å². The molecule has 6 rings (SSSR count). The average molecular weight is 476 g/mol. The molecule has 3 aliphatic rings. The second kappa shape index (κ2) is 8.18. The number of piperazine rings is 1. The zero-order valence-electron chi connectivity index (χ0n) is 17.3. The highest BCUT2D eigenvalue weighted by molar-refractivity contribution is 7.15. The number of hydrogen-bond donors (Lipinski definition) is 1. The van der Waals surface area contributed by atoms with Crippen molar-refractivity contribution in [3.63, 3.8) is 0 Å². The summed E-state index contributed by atoms with van der Waals surface area (Å²) in [6.07, 6.45) is 2.23. The number of aromatic amines is 1. The van der Waals surface area contributed by atoms with Crippen LogP contribution in [0.15, 0.2) is 12.3 Å². The summed E-state index contributed by atoms with van der Waals surface area (Å²) in [5.74, 6) is 0. The highest BCUT2D eigenvalue weighted by atomic mass is 35.5. The van der Waals surface area contributed by atoms with Gasteiger partial charge in [-0.3, -0.25) is 0 Å². The lowest BCUT2D eigenvalue weighted by molar-refractivity contribution is -0.104. The summed E-state index contributed by atoms with van der Waals surface area (Å²) < 4.78 is 16.1. The second-order valence-electron chi connectivity index (χ2n) is 8.08. The van der Waals surface area contributed by atoms with E-state index in [1.165, 1.54) is 0 Å². The number of nitrogens with one attached hydrogen (secondary N) is 1. The van der Waals surface area contributed by atoms with Crippen LogP contribution in [0.5, 0.6) is 0 Å². The maximum atomic E-state index is 12.3. The minimum Gasteiger partial charge on any atom is -0.441 e. The summed E-state index contributed by atoms with van der Waals surface area (Å²) in [5.41, 5.74) is 3.63. The highest BCUT2D eigenvalue weighted by Gasteiger charge is 2.29. The molecule has 3 aliphatic heterocycles. The number of carbonyl (C=O) groups excluding carboxylic acids is 1. The zero-order chi connectivity index (χ0) is 21.7. The molecule has 2 saturated heterocycles. The zero-order valence-corrected chi connectivity index (χ0v) is 18.9. The van der Waals surface area contributed by atoms with Gasteiger partial charge in [0.1, 0.15) is 10.7 Å². The summed E-state index contributed by atoms with van der Waals surface area (Å²) in [7, 11) is 0. The van der Waals surface area contributed by atoms with Gasteiger partial charge in [0.25, 0.3) is 0 Å².